The van der Waals surface area contributed by atoms with Crippen LogP contribution in [0.25, 0.3) is 0 Å². The van der Waals surface area contributed by atoms with E-state index in [9.17, 15) is 0 Å². The van der Waals surface area contributed by atoms with Gasteiger partial charge < -0.3 is 14.9 Å². The number of ether oxygens (including phenoxy) is 1. The van der Waals surface area contributed by atoms with Crippen molar-refractivity contribution in [2.45, 2.75) is 31.4 Å². The monoisotopic (exact) mass is 259 g/mol. The molecule has 0 aliphatic carbocycles. The molecule has 2 heterocycles. The van der Waals surface area contributed by atoms with Gasteiger partial charge in [0, 0.05) is 6.61 Å². The molecule has 1 aromatic rings. The maximum atomic E-state index is 6.02. The van der Waals surface area contributed by atoms with Crippen LogP contribution in [0.15, 0.2) is 21.2 Å². The number of halogens is 1. The summed E-state index contributed by atoms with van der Waals surface area (Å²) in [5.41, 5.74) is 6.02. The molecule has 78 valence electrons. The third-order valence-corrected chi connectivity index (χ3v) is 3.18. The summed E-state index contributed by atoms with van der Waals surface area (Å²) in [5, 5.41) is 0. The number of rotatable bonds is 3. The molecular formula is C10H14BrNO2. The van der Waals surface area contributed by atoms with E-state index in [0.29, 0.717) is 6.10 Å². The van der Waals surface area contributed by atoms with Crippen molar-refractivity contribution in [3.8, 4) is 0 Å². The molecular weight excluding hydrogens is 246 g/mol. The van der Waals surface area contributed by atoms with E-state index in [1.54, 1.807) is 6.26 Å². The number of furan rings is 1. The highest BCUT2D eigenvalue weighted by molar-refractivity contribution is 9.10. The highest BCUT2D eigenvalue weighted by atomic mass is 79.9. The van der Waals surface area contributed by atoms with Crippen LogP contribution < -0.4 is 5.73 Å². The largest absolute Gasteiger partial charge is 0.466 e. The Balaban J connectivity index is 1.95. The molecule has 0 radical (unpaired) electrons. The van der Waals surface area contributed by atoms with E-state index in [0.717, 1.165) is 36.1 Å². The van der Waals surface area contributed by atoms with Crippen molar-refractivity contribution in [2.75, 3.05) is 6.61 Å². The molecule has 0 amide bonds. The van der Waals surface area contributed by atoms with Gasteiger partial charge in [0.25, 0.3) is 0 Å². The Labute approximate surface area is 91.7 Å². The average Bonchev–Trinajstić information content (AvgIpc) is 2.75. The van der Waals surface area contributed by atoms with Crippen LogP contribution in [-0.2, 0) is 4.74 Å². The molecule has 1 aliphatic heterocycles. The van der Waals surface area contributed by atoms with Crippen LogP contribution in [0.1, 0.15) is 31.1 Å². The van der Waals surface area contributed by atoms with Crippen LogP contribution in [-0.4, -0.2) is 12.7 Å². The summed E-state index contributed by atoms with van der Waals surface area (Å²) in [6.45, 7) is 0.872. The summed E-state index contributed by atoms with van der Waals surface area (Å²) >= 11 is 3.40. The minimum absolute atomic E-state index is 0.0672. The number of hydrogen-bond donors (Lipinski definition) is 1. The van der Waals surface area contributed by atoms with Crippen LogP contribution in [0.5, 0.6) is 0 Å². The third-order valence-electron chi connectivity index (χ3n) is 2.52. The highest BCUT2D eigenvalue weighted by Gasteiger charge is 2.22. The lowest BCUT2D eigenvalue weighted by atomic mass is 10.1. The van der Waals surface area contributed by atoms with E-state index in [1.807, 2.05) is 6.07 Å². The first kappa shape index (κ1) is 10.2. The van der Waals surface area contributed by atoms with Gasteiger partial charge in [-0.15, -0.1) is 0 Å². The molecule has 4 heteroatoms. The second-order valence-electron chi connectivity index (χ2n) is 3.61. The van der Waals surface area contributed by atoms with Gasteiger partial charge in [0.05, 0.1) is 22.9 Å². The van der Waals surface area contributed by atoms with E-state index in [1.165, 1.54) is 0 Å². The van der Waals surface area contributed by atoms with E-state index >= 15 is 0 Å². The summed E-state index contributed by atoms with van der Waals surface area (Å²) < 4.78 is 11.8. The van der Waals surface area contributed by atoms with E-state index in [4.69, 9.17) is 14.9 Å². The zero-order chi connectivity index (χ0) is 9.97. The van der Waals surface area contributed by atoms with Crippen LogP contribution in [0.4, 0.5) is 0 Å². The SMILES string of the molecule is NC(CC1CCCO1)c1occc1Br. The lowest BCUT2D eigenvalue weighted by Gasteiger charge is -2.14. The lowest BCUT2D eigenvalue weighted by Crippen LogP contribution is -2.18. The zero-order valence-corrected chi connectivity index (χ0v) is 9.50. The number of hydrogen-bond acceptors (Lipinski definition) is 3. The molecule has 2 atom stereocenters. The van der Waals surface area contributed by atoms with Gasteiger partial charge in [-0.05, 0) is 41.3 Å². The van der Waals surface area contributed by atoms with Gasteiger partial charge in [0.15, 0.2) is 0 Å². The minimum atomic E-state index is -0.0672. The smallest absolute Gasteiger partial charge is 0.134 e. The zero-order valence-electron chi connectivity index (χ0n) is 7.91. The van der Waals surface area contributed by atoms with Crippen molar-refractivity contribution in [1.82, 2.24) is 0 Å². The maximum absolute atomic E-state index is 6.02. The summed E-state index contributed by atoms with van der Waals surface area (Å²) in [6.07, 6.45) is 5.06. The fraction of sp³-hybridized carbons (Fsp3) is 0.600. The number of nitrogens with two attached hydrogens (primary N) is 1. The lowest BCUT2D eigenvalue weighted by molar-refractivity contribution is 0.0962. The molecule has 1 saturated heterocycles. The Bertz CT molecular complexity index is 294. The summed E-state index contributed by atoms with van der Waals surface area (Å²) in [4.78, 5) is 0. The molecule has 1 aromatic heterocycles. The van der Waals surface area contributed by atoms with Crippen molar-refractivity contribution < 1.29 is 9.15 Å². The van der Waals surface area contributed by atoms with Crippen molar-refractivity contribution >= 4 is 15.9 Å². The molecule has 2 rings (SSSR count). The van der Waals surface area contributed by atoms with Crippen molar-refractivity contribution in [3.63, 3.8) is 0 Å². The Morgan fingerprint density at radius 2 is 2.50 bits per heavy atom. The summed E-state index contributed by atoms with van der Waals surface area (Å²) in [7, 11) is 0. The second kappa shape index (κ2) is 4.47. The van der Waals surface area contributed by atoms with Crippen LogP contribution in [0.3, 0.4) is 0 Å². The van der Waals surface area contributed by atoms with E-state index in [-0.39, 0.29) is 6.04 Å². The predicted octanol–water partition coefficient (Wildman–Crippen LogP) is 2.61. The van der Waals surface area contributed by atoms with Crippen LogP contribution in [0, 0.1) is 0 Å². The van der Waals surface area contributed by atoms with Crippen molar-refractivity contribution in [2.24, 2.45) is 5.73 Å². The van der Waals surface area contributed by atoms with Gasteiger partial charge in [-0.2, -0.15) is 0 Å². The quantitative estimate of drug-likeness (QED) is 0.908. The molecule has 2 unspecified atom stereocenters. The van der Waals surface area contributed by atoms with Crippen molar-refractivity contribution in [3.05, 3.63) is 22.6 Å². The van der Waals surface area contributed by atoms with Gasteiger partial charge in [0.2, 0.25) is 0 Å². The molecule has 2 N–H and O–H groups in total. The maximum Gasteiger partial charge on any atom is 0.134 e. The first-order valence-electron chi connectivity index (χ1n) is 4.87. The van der Waals surface area contributed by atoms with E-state index in [2.05, 4.69) is 15.9 Å². The fourth-order valence-electron chi connectivity index (χ4n) is 1.79. The van der Waals surface area contributed by atoms with Gasteiger partial charge in [-0.1, -0.05) is 0 Å². The molecule has 0 bridgehead atoms. The summed E-state index contributed by atoms with van der Waals surface area (Å²) in [5.74, 6) is 0.820. The topological polar surface area (TPSA) is 48.4 Å². The minimum Gasteiger partial charge on any atom is -0.466 e. The van der Waals surface area contributed by atoms with Crippen molar-refractivity contribution in [1.29, 1.82) is 0 Å². The van der Waals surface area contributed by atoms with Crippen LogP contribution >= 0.6 is 15.9 Å². The summed E-state index contributed by atoms with van der Waals surface area (Å²) in [6, 6.07) is 1.80. The Morgan fingerprint density at radius 1 is 1.64 bits per heavy atom. The molecule has 1 aliphatic rings. The van der Waals surface area contributed by atoms with Gasteiger partial charge in [-0.3, -0.25) is 0 Å². The molecule has 0 spiro atoms. The highest BCUT2D eigenvalue weighted by Crippen LogP contribution is 2.28. The Hall–Kier alpha value is -0.320. The Kier molecular flexibility index (Phi) is 3.26. The first-order valence-corrected chi connectivity index (χ1v) is 5.66. The molecule has 0 saturated carbocycles. The van der Waals surface area contributed by atoms with Gasteiger partial charge in [0.1, 0.15) is 5.76 Å². The third kappa shape index (κ3) is 2.19. The first-order chi connectivity index (χ1) is 6.77. The normalized spacial score (nSPS) is 24.0. The van der Waals surface area contributed by atoms with Crippen LogP contribution in [0.2, 0.25) is 0 Å². The predicted molar refractivity (Wildman–Crippen MR) is 56.9 cm³/mol. The molecule has 14 heavy (non-hydrogen) atoms. The molecule has 0 aromatic carbocycles. The average molecular weight is 260 g/mol. The fourth-order valence-corrected chi connectivity index (χ4v) is 2.29. The molecule has 3 nitrogen and oxygen atoms in total. The van der Waals surface area contributed by atoms with Gasteiger partial charge >= 0.3 is 0 Å². The van der Waals surface area contributed by atoms with E-state index < -0.39 is 0 Å². The Morgan fingerprint density at radius 3 is 3.07 bits per heavy atom. The second-order valence-corrected chi connectivity index (χ2v) is 4.46. The molecule has 1 fully saturated rings. The standard InChI is InChI=1S/C10H14BrNO2/c11-8-3-5-14-10(8)9(12)6-7-2-1-4-13-7/h3,5,7,9H,1-2,4,6,12H2. The van der Waals surface area contributed by atoms with Gasteiger partial charge in [-0.25, -0.2) is 0 Å².